The minimum absolute atomic E-state index is 0. The Bertz CT molecular complexity index is 435. The van der Waals surface area contributed by atoms with Crippen molar-refractivity contribution in [2.45, 2.75) is 96.8 Å². The Hall–Kier alpha value is -0.114. The molecule has 0 unspecified atom stereocenters. The molecule has 146 valence electrons. The van der Waals surface area contributed by atoms with E-state index in [1.54, 1.807) is 0 Å². The number of hydrogen-bond donors (Lipinski definition) is 1. The fourth-order valence-corrected chi connectivity index (χ4v) is 2.82. The Balaban J connectivity index is 0. The smallest absolute Gasteiger partial charge is 0.325 e. The van der Waals surface area contributed by atoms with Gasteiger partial charge in [0.25, 0.3) is 0 Å². The summed E-state index contributed by atoms with van der Waals surface area (Å²) in [6.45, 7) is 2.24. The van der Waals surface area contributed by atoms with Gasteiger partial charge in [0, 0.05) is 6.42 Å². The summed E-state index contributed by atoms with van der Waals surface area (Å²) in [7, 11) is -4.65. The number of hydrogen-bond acceptors (Lipinski definition) is 4. The number of unbranched alkanes of at least 4 members (excludes halogenated alkanes) is 11. The summed E-state index contributed by atoms with van der Waals surface area (Å²) >= 11 is 0. The fraction of sp³-hybridized carbons (Fsp3) is 0.833. The molecule has 0 fully saturated rings. The van der Waals surface area contributed by atoms with E-state index >= 15 is 0 Å². The van der Waals surface area contributed by atoms with Gasteiger partial charge < -0.3 is 4.18 Å². The Kier molecular flexibility index (Phi) is 20.2. The van der Waals surface area contributed by atoms with Gasteiger partial charge in [0.2, 0.25) is 0 Å². The lowest BCUT2D eigenvalue weighted by Gasteiger charge is -2.01. The maximum absolute atomic E-state index is 11.0. The molecule has 0 atom stereocenters. The Morgan fingerprint density at radius 3 is 1.76 bits per heavy atom. The van der Waals surface area contributed by atoms with Crippen molar-refractivity contribution in [1.29, 1.82) is 0 Å². The number of carbonyl (C=O) groups excluding carboxylic acids is 1. The van der Waals surface area contributed by atoms with E-state index in [-0.39, 0.29) is 29.5 Å². The van der Waals surface area contributed by atoms with Crippen LogP contribution in [0.15, 0.2) is 12.2 Å². The van der Waals surface area contributed by atoms with E-state index < -0.39 is 16.4 Å². The van der Waals surface area contributed by atoms with Gasteiger partial charge in [-0.2, -0.15) is 8.42 Å². The SMILES string of the molecule is CCCCCCCCC=CCCCCCCCC(=O)OS(=O)(=O)O.[MgH2]. The molecular formula is C18H36MgO5S. The lowest BCUT2D eigenvalue weighted by molar-refractivity contribution is -0.134. The van der Waals surface area contributed by atoms with Crippen molar-refractivity contribution in [2.75, 3.05) is 0 Å². The molecular weight excluding hydrogens is 353 g/mol. The van der Waals surface area contributed by atoms with Crippen LogP contribution in [-0.2, 0) is 19.4 Å². The van der Waals surface area contributed by atoms with Gasteiger partial charge in [0.05, 0.1) is 0 Å². The van der Waals surface area contributed by atoms with Crippen LogP contribution >= 0.6 is 0 Å². The van der Waals surface area contributed by atoms with Crippen LogP contribution in [0.4, 0.5) is 0 Å². The minimum atomic E-state index is -4.65. The highest BCUT2D eigenvalue weighted by Gasteiger charge is 2.12. The molecule has 0 bridgehead atoms. The third-order valence-corrected chi connectivity index (χ3v) is 4.24. The van der Waals surface area contributed by atoms with Gasteiger partial charge in [-0.1, -0.05) is 70.4 Å². The zero-order valence-corrected chi connectivity index (χ0v) is 15.9. The van der Waals surface area contributed by atoms with Crippen molar-refractivity contribution < 1.29 is 21.9 Å². The van der Waals surface area contributed by atoms with Crippen LogP contribution in [0.25, 0.3) is 0 Å². The zero-order valence-electron chi connectivity index (χ0n) is 15.0. The third kappa shape index (κ3) is 23.9. The molecule has 7 heteroatoms. The molecule has 0 aromatic rings. The van der Waals surface area contributed by atoms with Crippen molar-refractivity contribution >= 4 is 39.4 Å². The second-order valence-corrected chi connectivity index (χ2v) is 7.24. The number of rotatable bonds is 16. The van der Waals surface area contributed by atoms with Crippen LogP contribution < -0.4 is 0 Å². The van der Waals surface area contributed by atoms with Crippen LogP contribution in [0.1, 0.15) is 96.8 Å². The van der Waals surface area contributed by atoms with Crippen LogP contribution in [0, 0.1) is 0 Å². The predicted octanol–water partition coefficient (Wildman–Crippen LogP) is 4.45. The fourth-order valence-electron chi connectivity index (χ4n) is 2.50. The summed E-state index contributed by atoms with van der Waals surface area (Å²) in [5.41, 5.74) is 0. The summed E-state index contributed by atoms with van der Waals surface area (Å²) in [5, 5.41) is 0. The minimum Gasteiger partial charge on any atom is -0.325 e. The lowest BCUT2D eigenvalue weighted by atomic mass is 10.1. The highest BCUT2D eigenvalue weighted by atomic mass is 32.3. The molecule has 0 aliphatic carbocycles. The van der Waals surface area contributed by atoms with E-state index in [2.05, 4.69) is 23.3 Å². The second kappa shape index (κ2) is 18.7. The van der Waals surface area contributed by atoms with E-state index in [1.807, 2.05) is 0 Å². The monoisotopic (exact) mass is 388 g/mol. The molecule has 0 rings (SSSR count). The largest absolute Gasteiger partial charge is 0.448 e. The van der Waals surface area contributed by atoms with E-state index in [9.17, 15) is 13.2 Å². The Morgan fingerprint density at radius 1 is 0.840 bits per heavy atom. The molecule has 1 N–H and O–H groups in total. The summed E-state index contributed by atoms with van der Waals surface area (Å²) in [6, 6.07) is 0. The average Bonchev–Trinajstić information content (AvgIpc) is 2.49. The highest BCUT2D eigenvalue weighted by molar-refractivity contribution is 7.81. The molecule has 0 aromatic heterocycles. The molecule has 0 spiro atoms. The molecule has 5 nitrogen and oxygen atoms in total. The third-order valence-electron chi connectivity index (χ3n) is 3.84. The van der Waals surface area contributed by atoms with Gasteiger partial charge in [0.1, 0.15) is 0 Å². The van der Waals surface area contributed by atoms with E-state index in [0.29, 0.717) is 6.42 Å². The Morgan fingerprint density at radius 2 is 1.28 bits per heavy atom. The average molecular weight is 389 g/mol. The van der Waals surface area contributed by atoms with E-state index in [0.717, 1.165) is 32.1 Å². The van der Waals surface area contributed by atoms with Crippen LogP contribution in [0.2, 0.25) is 0 Å². The normalized spacial score (nSPS) is 11.4. The maximum Gasteiger partial charge on any atom is 0.448 e. The molecule has 0 saturated heterocycles. The van der Waals surface area contributed by atoms with Gasteiger partial charge in [-0.25, -0.2) is 0 Å². The maximum atomic E-state index is 11.0. The molecule has 0 aliphatic rings. The van der Waals surface area contributed by atoms with Gasteiger partial charge >= 0.3 is 39.4 Å². The summed E-state index contributed by atoms with van der Waals surface area (Å²) in [4.78, 5) is 11.0. The first-order chi connectivity index (χ1) is 11.5. The number of allylic oxidation sites excluding steroid dienone is 2. The zero-order chi connectivity index (χ0) is 18.1. The lowest BCUT2D eigenvalue weighted by Crippen LogP contribution is -2.11. The van der Waals surface area contributed by atoms with Crippen LogP contribution in [-0.4, -0.2) is 42.0 Å². The number of carbonyl (C=O) groups is 1. The standard InChI is InChI=1S/C18H34O5S.Mg.2H/c1-2-3-4-5-6-7-8-9-10-11-12-13-14-15-16-17-18(19)23-24(20,21)22;;;/h9-10H,2-8,11-17H2,1H3,(H,20,21,22);;;. The van der Waals surface area contributed by atoms with Crippen molar-refractivity contribution in [3.8, 4) is 0 Å². The van der Waals surface area contributed by atoms with Crippen molar-refractivity contribution in [3.63, 3.8) is 0 Å². The first-order valence-electron chi connectivity index (χ1n) is 9.30. The first kappa shape index (κ1) is 27.1. The molecule has 0 aliphatic heterocycles. The molecule has 0 aromatic carbocycles. The summed E-state index contributed by atoms with van der Waals surface area (Å²) in [6.07, 6.45) is 19.6. The van der Waals surface area contributed by atoms with Crippen molar-refractivity contribution in [3.05, 3.63) is 12.2 Å². The highest BCUT2D eigenvalue weighted by Crippen LogP contribution is 2.10. The second-order valence-electron chi connectivity index (χ2n) is 6.22. The van der Waals surface area contributed by atoms with Crippen molar-refractivity contribution in [1.82, 2.24) is 0 Å². The molecule has 0 saturated carbocycles. The molecule has 0 amide bonds. The van der Waals surface area contributed by atoms with Crippen LogP contribution in [0.3, 0.4) is 0 Å². The topological polar surface area (TPSA) is 80.7 Å². The van der Waals surface area contributed by atoms with Gasteiger partial charge in [-0.15, -0.1) is 0 Å². The van der Waals surface area contributed by atoms with Gasteiger partial charge in [-0.05, 0) is 32.1 Å². The summed E-state index contributed by atoms with van der Waals surface area (Å²) < 4.78 is 32.8. The Labute approximate surface area is 170 Å². The molecule has 0 radical (unpaired) electrons. The predicted molar refractivity (Wildman–Crippen MR) is 106 cm³/mol. The van der Waals surface area contributed by atoms with Gasteiger partial charge in [-0.3, -0.25) is 9.35 Å². The van der Waals surface area contributed by atoms with E-state index in [4.69, 9.17) is 4.55 Å². The molecule has 25 heavy (non-hydrogen) atoms. The summed E-state index contributed by atoms with van der Waals surface area (Å²) in [5.74, 6) is -0.893. The quantitative estimate of drug-likeness (QED) is 0.183. The molecule has 0 heterocycles. The van der Waals surface area contributed by atoms with Crippen molar-refractivity contribution in [2.24, 2.45) is 0 Å². The van der Waals surface area contributed by atoms with Gasteiger partial charge in [0.15, 0.2) is 0 Å². The first-order valence-corrected chi connectivity index (χ1v) is 10.7. The van der Waals surface area contributed by atoms with Crippen LogP contribution in [0.5, 0.6) is 0 Å². The van der Waals surface area contributed by atoms with E-state index in [1.165, 1.54) is 44.9 Å².